The van der Waals surface area contributed by atoms with Crippen molar-refractivity contribution in [2.24, 2.45) is 0 Å². The van der Waals surface area contributed by atoms with Gasteiger partial charge in [0.25, 0.3) is 0 Å². The normalized spacial score (nSPS) is 13.3. The van der Waals surface area contributed by atoms with Gasteiger partial charge in [0.15, 0.2) is 0 Å². The van der Waals surface area contributed by atoms with E-state index in [1.54, 1.807) is 41.8 Å². The quantitative estimate of drug-likeness (QED) is 0.289. The number of anilines is 4. The van der Waals surface area contributed by atoms with Crippen LogP contribution < -0.4 is 16.0 Å². The molecule has 4 aromatic heterocycles. The Morgan fingerprint density at radius 3 is 2.55 bits per heavy atom. The Labute approximate surface area is 230 Å². The standard InChI is InChI=1S/C28H29N9O3/c1-5-23(38)34-18-9-11-29-21(12-18)25-24-17(8-10-30-25)13-32-26(36-24)35-19-6-7-22(31-14-19)33-20-15-37(16-20)27(39)40-28(2,3)4/h5-14,20H,1,15-16H2,2-4H3,(H,31,33)(H,29,34,38)(H,32,35,36). The molecule has 1 fully saturated rings. The highest BCUT2D eigenvalue weighted by Gasteiger charge is 2.33. The van der Waals surface area contributed by atoms with Crippen LogP contribution in [0.3, 0.4) is 0 Å². The Hall–Kier alpha value is -5.13. The molecule has 40 heavy (non-hydrogen) atoms. The van der Waals surface area contributed by atoms with Gasteiger partial charge in [-0.25, -0.2) is 19.7 Å². The summed E-state index contributed by atoms with van der Waals surface area (Å²) in [6.45, 7) is 10.1. The number of pyridine rings is 3. The lowest BCUT2D eigenvalue weighted by atomic mass is 10.1. The molecule has 0 saturated carbocycles. The van der Waals surface area contributed by atoms with Crippen molar-refractivity contribution < 1.29 is 14.3 Å². The first-order chi connectivity index (χ1) is 19.2. The summed E-state index contributed by atoms with van der Waals surface area (Å²) in [5, 5.41) is 10.0. The number of aromatic nitrogens is 5. The molecule has 2 amide bonds. The second kappa shape index (κ2) is 10.9. The Bertz CT molecular complexity index is 1560. The largest absolute Gasteiger partial charge is 0.444 e. The first-order valence-corrected chi connectivity index (χ1v) is 12.7. The molecule has 1 aliphatic heterocycles. The molecule has 12 heteroatoms. The third kappa shape index (κ3) is 6.29. The van der Waals surface area contributed by atoms with E-state index in [2.05, 4.69) is 47.4 Å². The Kier molecular flexibility index (Phi) is 7.23. The molecule has 1 saturated heterocycles. The molecule has 4 aromatic rings. The van der Waals surface area contributed by atoms with Crippen LogP contribution in [0.2, 0.25) is 0 Å². The highest BCUT2D eigenvalue weighted by atomic mass is 16.6. The predicted octanol–water partition coefficient (Wildman–Crippen LogP) is 4.38. The summed E-state index contributed by atoms with van der Waals surface area (Å²) in [4.78, 5) is 47.9. The van der Waals surface area contributed by atoms with Crippen molar-refractivity contribution in [3.63, 3.8) is 0 Å². The van der Waals surface area contributed by atoms with Crippen LogP contribution in [0.15, 0.2) is 67.8 Å². The van der Waals surface area contributed by atoms with Crippen molar-refractivity contribution in [3.05, 3.63) is 67.8 Å². The maximum Gasteiger partial charge on any atom is 0.410 e. The van der Waals surface area contributed by atoms with Crippen LogP contribution in [0.1, 0.15) is 20.8 Å². The summed E-state index contributed by atoms with van der Waals surface area (Å²) in [5.41, 5.74) is 2.46. The summed E-state index contributed by atoms with van der Waals surface area (Å²) in [6, 6.07) is 9.04. The number of carbonyl (C=O) groups is 2. The van der Waals surface area contributed by atoms with E-state index in [4.69, 9.17) is 4.74 Å². The van der Waals surface area contributed by atoms with Gasteiger partial charge in [-0.1, -0.05) is 6.58 Å². The van der Waals surface area contributed by atoms with Gasteiger partial charge in [0.05, 0.1) is 23.6 Å². The van der Waals surface area contributed by atoms with Gasteiger partial charge in [0, 0.05) is 42.8 Å². The molecule has 0 aromatic carbocycles. The lowest BCUT2D eigenvalue weighted by Crippen LogP contribution is -2.58. The number of hydrogen-bond donors (Lipinski definition) is 3. The molecular weight excluding hydrogens is 510 g/mol. The zero-order valence-corrected chi connectivity index (χ0v) is 22.4. The fraction of sp³-hybridized carbons (Fsp3) is 0.250. The van der Waals surface area contributed by atoms with E-state index in [-0.39, 0.29) is 18.0 Å². The van der Waals surface area contributed by atoms with Gasteiger partial charge < -0.3 is 25.6 Å². The van der Waals surface area contributed by atoms with E-state index < -0.39 is 5.60 Å². The molecule has 0 atom stereocenters. The first-order valence-electron chi connectivity index (χ1n) is 12.7. The van der Waals surface area contributed by atoms with Crippen molar-refractivity contribution >= 4 is 46.0 Å². The molecule has 12 nitrogen and oxygen atoms in total. The first kappa shape index (κ1) is 26.5. The second-order valence-corrected chi connectivity index (χ2v) is 10.2. The number of carbonyl (C=O) groups excluding carboxylic acids is 2. The van der Waals surface area contributed by atoms with Crippen LogP contribution in [-0.4, -0.2) is 66.6 Å². The van der Waals surface area contributed by atoms with Gasteiger partial charge >= 0.3 is 6.09 Å². The van der Waals surface area contributed by atoms with Crippen LogP contribution in [0.4, 0.5) is 27.9 Å². The number of rotatable bonds is 7. The molecule has 5 heterocycles. The van der Waals surface area contributed by atoms with E-state index in [0.29, 0.717) is 53.1 Å². The SMILES string of the molecule is C=CC(=O)Nc1ccnc(-c2nccc3cnc(Nc4ccc(NC5CN(C(=O)OC(C)(C)C)C5)nc4)nc23)c1. The van der Waals surface area contributed by atoms with E-state index in [1.165, 1.54) is 6.08 Å². The van der Waals surface area contributed by atoms with E-state index in [9.17, 15) is 9.59 Å². The van der Waals surface area contributed by atoms with Crippen molar-refractivity contribution in [3.8, 4) is 11.4 Å². The Balaban J connectivity index is 1.25. The zero-order chi connectivity index (χ0) is 28.3. The highest BCUT2D eigenvalue weighted by molar-refractivity contribution is 5.99. The van der Waals surface area contributed by atoms with Gasteiger partial charge in [0.1, 0.15) is 22.6 Å². The highest BCUT2D eigenvalue weighted by Crippen LogP contribution is 2.26. The van der Waals surface area contributed by atoms with Crippen molar-refractivity contribution in [2.45, 2.75) is 32.4 Å². The molecule has 0 bridgehead atoms. The lowest BCUT2D eigenvalue weighted by Gasteiger charge is -2.40. The molecule has 3 N–H and O–H groups in total. The van der Waals surface area contributed by atoms with Gasteiger partial charge in [-0.2, -0.15) is 0 Å². The van der Waals surface area contributed by atoms with E-state index >= 15 is 0 Å². The number of fused-ring (bicyclic) bond motifs is 1. The molecule has 0 radical (unpaired) electrons. The monoisotopic (exact) mass is 539 g/mol. The number of hydrogen-bond acceptors (Lipinski definition) is 10. The van der Waals surface area contributed by atoms with Gasteiger partial charge in [-0.3, -0.25) is 14.8 Å². The minimum atomic E-state index is -0.515. The molecule has 1 aliphatic rings. The van der Waals surface area contributed by atoms with Crippen LogP contribution in [-0.2, 0) is 9.53 Å². The smallest absolute Gasteiger partial charge is 0.410 e. The predicted molar refractivity (Wildman–Crippen MR) is 152 cm³/mol. The molecule has 5 rings (SSSR count). The summed E-state index contributed by atoms with van der Waals surface area (Å²) in [6.07, 6.45) is 7.53. The summed E-state index contributed by atoms with van der Waals surface area (Å²) in [5.74, 6) is 0.745. The minimum absolute atomic E-state index is 0.103. The minimum Gasteiger partial charge on any atom is -0.444 e. The average molecular weight is 540 g/mol. The number of nitrogens with one attached hydrogen (secondary N) is 3. The Morgan fingerprint density at radius 2 is 1.82 bits per heavy atom. The van der Waals surface area contributed by atoms with Crippen LogP contribution >= 0.6 is 0 Å². The fourth-order valence-corrected chi connectivity index (χ4v) is 3.97. The molecular formula is C28H29N9O3. The summed E-state index contributed by atoms with van der Waals surface area (Å²) >= 11 is 0. The number of nitrogens with zero attached hydrogens (tertiary/aromatic N) is 6. The van der Waals surface area contributed by atoms with Crippen molar-refractivity contribution in [2.75, 3.05) is 29.0 Å². The van der Waals surface area contributed by atoms with Crippen LogP contribution in [0.25, 0.3) is 22.3 Å². The van der Waals surface area contributed by atoms with Gasteiger partial charge in [-0.15, -0.1) is 0 Å². The molecule has 0 spiro atoms. The third-order valence-corrected chi connectivity index (χ3v) is 5.86. The molecule has 204 valence electrons. The van der Waals surface area contributed by atoms with E-state index in [0.717, 1.165) is 5.39 Å². The maximum absolute atomic E-state index is 12.1. The van der Waals surface area contributed by atoms with Crippen molar-refractivity contribution in [1.29, 1.82) is 0 Å². The zero-order valence-electron chi connectivity index (χ0n) is 22.4. The number of amides is 2. The Morgan fingerprint density at radius 1 is 1.02 bits per heavy atom. The average Bonchev–Trinajstić information content (AvgIpc) is 2.90. The summed E-state index contributed by atoms with van der Waals surface area (Å²) < 4.78 is 5.39. The summed E-state index contributed by atoms with van der Waals surface area (Å²) in [7, 11) is 0. The van der Waals surface area contributed by atoms with Gasteiger partial charge in [0.2, 0.25) is 11.9 Å². The molecule has 0 unspecified atom stereocenters. The molecule has 0 aliphatic carbocycles. The fourth-order valence-electron chi connectivity index (χ4n) is 3.97. The van der Waals surface area contributed by atoms with Crippen LogP contribution in [0.5, 0.6) is 0 Å². The van der Waals surface area contributed by atoms with Gasteiger partial charge in [-0.05, 0) is 57.2 Å². The number of ether oxygens (including phenoxy) is 1. The topological polar surface area (TPSA) is 147 Å². The van der Waals surface area contributed by atoms with Crippen LogP contribution in [0, 0.1) is 0 Å². The van der Waals surface area contributed by atoms with E-state index in [1.807, 2.05) is 39.0 Å². The van der Waals surface area contributed by atoms with Crippen molar-refractivity contribution in [1.82, 2.24) is 29.8 Å². The number of likely N-dealkylation sites (tertiary alicyclic amines) is 1. The third-order valence-electron chi connectivity index (χ3n) is 5.86. The lowest BCUT2D eigenvalue weighted by molar-refractivity contribution is -0.111. The second-order valence-electron chi connectivity index (χ2n) is 10.2. The maximum atomic E-state index is 12.1.